The van der Waals surface area contributed by atoms with Crippen LogP contribution in [0.1, 0.15) is 36.4 Å². The fourth-order valence-electron chi connectivity index (χ4n) is 4.01. The van der Waals surface area contributed by atoms with E-state index in [1.165, 1.54) is 11.1 Å². The monoisotopic (exact) mass is 325 g/mol. The molecule has 5 heteroatoms. The Balaban J connectivity index is 1.64. The van der Waals surface area contributed by atoms with Gasteiger partial charge in [-0.05, 0) is 37.8 Å². The summed E-state index contributed by atoms with van der Waals surface area (Å²) in [6, 6.07) is 6.28. The fraction of sp³-hybridized carbons (Fsp3) is 0.474. The molecule has 1 saturated heterocycles. The smallest absolute Gasteiger partial charge is 0.233 e. The first kappa shape index (κ1) is 15.4. The lowest BCUT2D eigenvalue weighted by molar-refractivity contribution is -0.124. The first-order valence-corrected chi connectivity index (χ1v) is 8.73. The summed E-state index contributed by atoms with van der Waals surface area (Å²) >= 11 is 0. The number of aryl methyl sites for hydroxylation is 2. The van der Waals surface area contributed by atoms with E-state index in [1.54, 1.807) is 6.20 Å². The van der Waals surface area contributed by atoms with Crippen molar-refractivity contribution in [1.82, 2.24) is 9.55 Å². The molecule has 0 spiro atoms. The Morgan fingerprint density at radius 3 is 3.12 bits per heavy atom. The Hall–Kier alpha value is -2.14. The zero-order valence-corrected chi connectivity index (χ0v) is 14.2. The maximum absolute atomic E-state index is 13.3. The minimum Gasteiger partial charge on any atom is -0.369 e. The van der Waals surface area contributed by atoms with Gasteiger partial charge >= 0.3 is 0 Å². The van der Waals surface area contributed by atoms with E-state index < -0.39 is 0 Å². The number of carbonyl (C=O) groups is 1. The van der Waals surface area contributed by atoms with Gasteiger partial charge in [0.05, 0.1) is 5.92 Å². The van der Waals surface area contributed by atoms with Crippen LogP contribution in [0.25, 0.3) is 0 Å². The maximum atomic E-state index is 13.3. The molecule has 0 saturated carbocycles. The molecule has 1 aromatic carbocycles. The molecule has 5 nitrogen and oxygen atoms in total. The molecule has 0 radical (unpaired) electrons. The molecule has 2 aliphatic rings. The van der Waals surface area contributed by atoms with Gasteiger partial charge in [0, 0.05) is 37.8 Å². The van der Waals surface area contributed by atoms with Crippen LogP contribution >= 0.6 is 0 Å². The molecule has 2 atom stereocenters. The third-order valence-electron chi connectivity index (χ3n) is 5.21. The molecular weight excluding hydrogens is 302 g/mol. The number of imidazole rings is 1. The van der Waals surface area contributed by atoms with E-state index in [9.17, 15) is 4.79 Å². The van der Waals surface area contributed by atoms with Crippen LogP contribution in [0.3, 0.4) is 0 Å². The van der Waals surface area contributed by atoms with Crippen LogP contribution in [-0.4, -0.2) is 28.6 Å². The highest BCUT2D eigenvalue weighted by molar-refractivity contribution is 5.98. The summed E-state index contributed by atoms with van der Waals surface area (Å²) < 4.78 is 7.99. The van der Waals surface area contributed by atoms with Gasteiger partial charge < -0.3 is 14.2 Å². The van der Waals surface area contributed by atoms with Gasteiger partial charge in [-0.2, -0.15) is 0 Å². The van der Waals surface area contributed by atoms with Crippen molar-refractivity contribution >= 4 is 11.6 Å². The second-order valence-electron chi connectivity index (χ2n) is 6.58. The molecule has 0 unspecified atom stereocenters. The topological polar surface area (TPSA) is 47.4 Å². The van der Waals surface area contributed by atoms with Crippen molar-refractivity contribution in [3.05, 3.63) is 47.5 Å². The molecule has 3 heterocycles. The number of hydrogen-bond acceptors (Lipinski definition) is 3. The molecule has 0 bridgehead atoms. The van der Waals surface area contributed by atoms with Crippen molar-refractivity contribution in [2.24, 2.45) is 5.92 Å². The lowest BCUT2D eigenvalue weighted by Crippen LogP contribution is -2.37. The van der Waals surface area contributed by atoms with E-state index in [0.29, 0.717) is 6.61 Å². The Morgan fingerprint density at radius 1 is 1.42 bits per heavy atom. The molecule has 2 aliphatic heterocycles. The molecular formula is C19H23N3O2. The predicted molar refractivity (Wildman–Crippen MR) is 91.9 cm³/mol. The molecule has 24 heavy (non-hydrogen) atoms. The highest BCUT2D eigenvalue weighted by atomic mass is 16.5. The highest BCUT2D eigenvalue weighted by Crippen LogP contribution is 2.39. The van der Waals surface area contributed by atoms with E-state index in [-0.39, 0.29) is 17.9 Å². The molecule has 4 rings (SSSR count). The molecule has 2 aromatic rings. The number of benzene rings is 1. The summed E-state index contributed by atoms with van der Waals surface area (Å²) in [5.74, 6) is 0.900. The van der Waals surface area contributed by atoms with Crippen molar-refractivity contribution in [1.29, 1.82) is 0 Å². The van der Waals surface area contributed by atoms with E-state index in [2.05, 4.69) is 41.6 Å². The Bertz CT molecular complexity index is 768. The number of hydrogen-bond donors (Lipinski definition) is 0. The van der Waals surface area contributed by atoms with E-state index >= 15 is 0 Å². The SMILES string of the molecule is CCn1ccnc1[C@@H]1OCC[C@H]1C(=O)N1CCc2cccc(C)c21. The second-order valence-corrected chi connectivity index (χ2v) is 6.58. The summed E-state index contributed by atoms with van der Waals surface area (Å²) in [5.41, 5.74) is 3.55. The zero-order valence-electron chi connectivity index (χ0n) is 14.2. The third-order valence-corrected chi connectivity index (χ3v) is 5.21. The largest absolute Gasteiger partial charge is 0.369 e. The van der Waals surface area contributed by atoms with Gasteiger partial charge in [-0.1, -0.05) is 18.2 Å². The quantitative estimate of drug-likeness (QED) is 0.872. The molecule has 1 aromatic heterocycles. The van der Waals surface area contributed by atoms with Crippen LogP contribution in [0.4, 0.5) is 5.69 Å². The highest BCUT2D eigenvalue weighted by Gasteiger charge is 2.41. The number of ether oxygens (including phenoxy) is 1. The average molecular weight is 325 g/mol. The van der Waals surface area contributed by atoms with Gasteiger partial charge in [0.15, 0.2) is 0 Å². The van der Waals surface area contributed by atoms with E-state index in [0.717, 1.165) is 37.4 Å². The third kappa shape index (κ3) is 2.35. The number of carbonyl (C=O) groups excluding carboxylic acids is 1. The zero-order chi connectivity index (χ0) is 16.7. The molecule has 126 valence electrons. The molecule has 1 amide bonds. The summed E-state index contributed by atoms with van der Waals surface area (Å²) in [6.07, 6.45) is 5.20. The lowest BCUT2D eigenvalue weighted by atomic mass is 9.98. The number of para-hydroxylation sites is 1. The van der Waals surface area contributed by atoms with Gasteiger partial charge in [-0.15, -0.1) is 0 Å². The Kier molecular flexibility index (Phi) is 3.88. The molecule has 0 N–H and O–H groups in total. The molecule has 1 fully saturated rings. The number of rotatable bonds is 3. The van der Waals surface area contributed by atoms with Crippen LogP contribution < -0.4 is 4.90 Å². The van der Waals surface area contributed by atoms with Gasteiger partial charge in [-0.25, -0.2) is 4.98 Å². The first-order valence-electron chi connectivity index (χ1n) is 8.73. The summed E-state index contributed by atoms with van der Waals surface area (Å²) in [4.78, 5) is 19.7. The van der Waals surface area contributed by atoms with Crippen molar-refractivity contribution in [2.45, 2.75) is 39.3 Å². The van der Waals surface area contributed by atoms with Crippen LogP contribution in [0.15, 0.2) is 30.6 Å². The van der Waals surface area contributed by atoms with Crippen molar-refractivity contribution in [2.75, 3.05) is 18.1 Å². The normalized spacial score (nSPS) is 22.8. The van der Waals surface area contributed by atoms with Crippen molar-refractivity contribution < 1.29 is 9.53 Å². The average Bonchev–Trinajstić information content (AvgIpc) is 3.31. The predicted octanol–water partition coefficient (Wildman–Crippen LogP) is 2.88. The Labute approximate surface area is 142 Å². The Morgan fingerprint density at radius 2 is 2.29 bits per heavy atom. The van der Waals surface area contributed by atoms with Gasteiger partial charge in [-0.3, -0.25) is 4.79 Å². The first-order chi connectivity index (χ1) is 11.7. The van der Waals surface area contributed by atoms with Crippen LogP contribution in [0, 0.1) is 12.8 Å². The van der Waals surface area contributed by atoms with Crippen LogP contribution in [0.5, 0.6) is 0 Å². The van der Waals surface area contributed by atoms with Gasteiger partial charge in [0.25, 0.3) is 0 Å². The standard InChI is InChI=1S/C19H23N3O2/c1-3-21-11-9-20-18(21)17-15(8-12-24-17)19(23)22-10-7-14-6-4-5-13(2)16(14)22/h4-6,9,11,15,17H,3,7-8,10,12H2,1-2H3/t15-,17-/m1/s1. The summed E-state index contributed by atoms with van der Waals surface area (Å²) in [5, 5.41) is 0. The molecule has 0 aliphatic carbocycles. The van der Waals surface area contributed by atoms with Crippen LogP contribution in [0.2, 0.25) is 0 Å². The summed E-state index contributed by atoms with van der Waals surface area (Å²) in [6.45, 7) is 6.38. The van der Waals surface area contributed by atoms with Gasteiger partial charge in [0.2, 0.25) is 5.91 Å². The number of amides is 1. The number of fused-ring (bicyclic) bond motifs is 1. The maximum Gasteiger partial charge on any atom is 0.233 e. The fourth-order valence-corrected chi connectivity index (χ4v) is 4.01. The minimum absolute atomic E-state index is 0.150. The number of nitrogens with zero attached hydrogens (tertiary/aromatic N) is 3. The second kappa shape index (κ2) is 6.06. The lowest BCUT2D eigenvalue weighted by Gasteiger charge is -2.25. The van der Waals surface area contributed by atoms with E-state index in [1.807, 2.05) is 11.1 Å². The summed E-state index contributed by atoms with van der Waals surface area (Å²) in [7, 11) is 0. The van der Waals surface area contributed by atoms with Crippen molar-refractivity contribution in [3.8, 4) is 0 Å². The number of aromatic nitrogens is 2. The van der Waals surface area contributed by atoms with Crippen molar-refractivity contribution in [3.63, 3.8) is 0 Å². The van der Waals surface area contributed by atoms with Crippen LogP contribution in [-0.2, 0) is 22.5 Å². The van der Waals surface area contributed by atoms with E-state index in [4.69, 9.17) is 4.74 Å². The number of anilines is 1. The van der Waals surface area contributed by atoms with Gasteiger partial charge in [0.1, 0.15) is 11.9 Å². The minimum atomic E-state index is -0.236.